The first kappa shape index (κ1) is 12.9. The maximum Gasteiger partial charge on any atom is 0.266 e. The van der Waals surface area contributed by atoms with Crippen LogP contribution in [0.3, 0.4) is 0 Å². The van der Waals surface area contributed by atoms with Crippen LogP contribution in [0.4, 0.5) is 5.95 Å². The highest BCUT2D eigenvalue weighted by Crippen LogP contribution is 2.39. The number of nitrogens with two attached hydrogens (primary N) is 1. The van der Waals surface area contributed by atoms with Gasteiger partial charge < -0.3 is 20.1 Å². The van der Waals surface area contributed by atoms with E-state index in [1.54, 1.807) is 0 Å². The second kappa shape index (κ2) is 5.09. The molecule has 2 heterocycles. The Hall–Kier alpha value is -1.14. The number of aromatic nitrogens is 2. The fraction of sp³-hybridized carbons (Fsp3) is 0.846. The zero-order valence-electron chi connectivity index (χ0n) is 11.6. The van der Waals surface area contributed by atoms with Gasteiger partial charge in [0.15, 0.2) is 0 Å². The third-order valence-electron chi connectivity index (χ3n) is 4.61. The summed E-state index contributed by atoms with van der Waals surface area (Å²) >= 11 is 0. The molecule has 0 aromatic carbocycles. The minimum Gasteiger partial charge on any atom is -0.337 e. The van der Waals surface area contributed by atoms with Crippen LogP contribution >= 0.6 is 0 Å². The highest BCUT2D eigenvalue weighted by molar-refractivity contribution is 5.30. The van der Waals surface area contributed by atoms with E-state index in [-0.39, 0.29) is 5.41 Å². The zero-order valence-corrected chi connectivity index (χ0v) is 11.6. The summed E-state index contributed by atoms with van der Waals surface area (Å²) in [5.74, 6) is 1.49. The Kier molecular flexibility index (Phi) is 3.45. The van der Waals surface area contributed by atoms with Crippen LogP contribution in [0.15, 0.2) is 4.52 Å². The van der Waals surface area contributed by atoms with Gasteiger partial charge in [-0.3, -0.25) is 0 Å². The molecule has 0 amide bonds. The summed E-state index contributed by atoms with van der Waals surface area (Å²) < 4.78 is 5.53. The molecular formula is C13H23N5O. The Morgan fingerprint density at radius 2 is 1.89 bits per heavy atom. The van der Waals surface area contributed by atoms with Crippen LogP contribution in [0.2, 0.25) is 0 Å². The Balaban J connectivity index is 1.75. The maximum atomic E-state index is 5.96. The predicted octanol–water partition coefficient (Wildman–Crippen LogP) is 0.592. The molecule has 2 fully saturated rings. The van der Waals surface area contributed by atoms with Gasteiger partial charge in [-0.25, -0.2) is 0 Å². The Bertz CT molecular complexity index is 418. The molecule has 3 rings (SSSR count). The van der Waals surface area contributed by atoms with Crippen molar-refractivity contribution >= 4 is 5.95 Å². The Morgan fingerprint density at radius 3 is 2.53 bits per heavy atom. The smallest absolute Gasteiger partial charge is 0.266 e. The first-order chi connectivity index (χ1) is 9.23. The molecule has 19 heavy (non-hydrogen) atoms. The molecule has 1 saturated heterocycles. The molecule has 0 bridgehead atoms. The van der Waals surface area contributed by atoms with E-state index >= 15 is 0 Å². The van der Waals surface area contributed by atoms with E-state index in [1.807, 2.05) is 0 Å². The second-order valence-corrected chi connectivity index (χ2v) is 5.88. The van der Waals surface area contributed by atoms with Gasteiger partial charge in [-0.15, -0.1) is 0 Å². The fourth-order valence-electron chi connectivity index (χ4n) is 3.12. The number of rotatable bonds is 3. The molecule has 0 unspecified atom stereocenters. The average Bonchev–Trinajstić information content (AvgIpc) is 3.09. The Morgan fingerprint density at radius 1 is 1.21 bits per heavy atom. The van der Waals surface area contributed by atoms with Crippen molar-refractivity contribution in [3.63, 3.8) is 0 Å². The molecule has 1 saturated carbocycles. The van der Waals surface area contributed by atoms with Crippen molar-refractivity contribution in [2.24, 2.45) is 5.73 Å². The topological polar surface area (TPSA) is 71.4 Å². The first-order valence-corrected chi connectivity index (χ1v) is 7.21. The molecule has 1 aromatic heterocycles. The summed E-state index contributed by atoms with van der Waals surface area (Å²) in [5.41, 5.74) is 5.90. The standard InChI is InChI=1S/C13H23N5O/c1-17-6-8-18(9-7-17)12-15-11(19-16-12)13(10-14)4-2-3-5-13/h2-10,14H2,1H3. The summed E-state index contributed by atoms with van der Waals surface area (Å²) in [7, 11) is 2.14. The van der Waals surface area contributed by atoms with Gasteiger partial charge in [-0.1, -0.05) is 12.8 Å². The number of hydrogen-bond donors (Lipinski definition) is 1. The zero-order chi connectivity index (χ0) is 13.3. The third kappa shape index (κ3) is 2.34. The van der Waals surface area contributed by atoms with Crippen LogP contribution in [0.25, 0.3) is 0 Å². The van der Waals surface area contributed by atoms with Crippen molar-refractivity contribution in [3.05, 3.63) is 5.89 Å². The molecule has 106 valence electrons. The van der Waals surface area contributed by atoms with Crippen molar-refractivity contribution in [1.82, 2.24) is 15.0 Å². The van der Waals surface area contributed by atoms with Gasteiger partial charge in [0.05, 0.1) is 5.41 Å². The van der Waals surface area contributed by atoms with Crippen LogP contribution in [0, 0.1) is 0 Å². The lowest BCUT2D eigenvalue weighted by Crippen LogP contribution is -2.45. The van der Waals surface area contributed by atoms with Gasteiger partial charge in [0.25, 0.3) is 5.95 Å². The van der Waals surface area contributed by atoms with Gasteiger partial charge in [-0.05, 0) is 25.0 Å². The molecule has 6 nitrogen and oxygen atoms in total. The first-order valence-electron chi connectivity index (χ1n) is 7.21. The quantitative estimate of drug-likeness (QED) is 0.862. The molecule has 2 aliphatic rings. The number of hydrogen-bond acceptors (Lipinski definition) is 6. The van der Waals surface area contributed by atoms with Crippen molar-refractivity contribution in [3.8, 4) is 0 Å². The molecule has 1 aromatic rings. The molecular weight excluding hydrogens is 242 g/mol. The number of nitrogens with zero attached hydrogens (tertiary/aromatic N) is 4. The Labute approximate surface area is 113 Å². The minimum absolute atomic E-state index is 0.0577. The maximum absolute atomic E-state index is 5.96. The number of piperazine rings is 1. The van der Waals surface area contributed by atoms with Gasteiger partial charge in [0.1, 0.15) is 0 Å². The second-order valence-electron chi connectivity index (χ2n) is 5.88. The molecule has 0 spiro atoms. The summed E-state index contributed by atoms with van der Waals surface area (Å²) in [6.07, 6.45) is 4.58. The van der Waals surface area contributed by atoms with E-state index in [9.17, 15) is 0 Å². The molecule has 1 aliphatic heterocycles. The molecule has 1 aliphatic carbocycles. The molecule has 6 heteroatoms. The number of likely N-dealkylation sites (N-methyl/N-ethyl adjacent to an activating group) is 1. The van der Waals surface area contributed by atoms with Gasteiger partial charge in [0, 0.05) is 32.7 Å². The largest absolute Gasteiger partial charge is 0.337 e. The van der Waals surface area contributed by atoms with Crippen LogP contribution in [-0.2, 0) is 5.41 Å². The highest BCUT2D eigenvalue weighted by atomic mass is 16.5. The van der Waals surface area contributed by atoms with Crippen LogP contribution < -0.4 is 10.6 Å². The summed E-state index contributed by atoms with van der Waals surface area (Å²) in [5, 5.41) is 4.17. The summed E-state index contributed by atoms with van der Waals surface area (Å²) in [6.45, 7) is 4.63. The van der Waals surface area contributed by atoms with Crippen molar-refractivity contribution in [1.29, 1.82) is 0 Å². The summed E-state index contributed by atoms with van der Waals surface area (Å²) in [4.78, 5) is 9.15. The van der Waals surface area contributed by atoms with E-state index in [1.165, 1.54) is 12.8 Å². The lowest BCUT2D eigenvalue weighted by atomic mass is 9.86. The highest BCUT2D eigenvalue weighted by Gasteiger charge is 2.40. The van der Waals surface area contributed by atoms with E-state index in [0.717, 1.165) is 50.9 Å². The van der Waals surface area contributed by atoms with E-state index in [2.05, 4.69) is 27.0 Å². The predicted molar refractivity (Wildman–Crippen MR) is 73.2 cm³/mol. The summed E-state index contributed by atoms with van der Waals surface area (Å²) in [6, 6.07) is 0. The average molecular weight is 265 g/mol. The fourth-order valence-corrected chi connectivity index (χ4v) is 3.12. The lowest BCUT2D eigenvalue weighted by Gasteiger charge is -2.31. The van der Waals surface area contributed by atoms with E-state index in [4.69, 9.17) is 10.3 Å². The van der Waals surface area contributed by atoms with Crippen molar-refractivity contribution in [2.75, 3.05) is 44.7 Å². The third-order valence-corrected chi connectivity index (χ3v) is 4.61. The van der Waals surface area contributed by atoms with Gasteiger partial charge in [0.2, 0.25) is 5.89 Å². The minimum atomic E-state index is -0.0577. The van der Waals surface area contributed by atoms with Crippen LogP contribution in [0.5, 0.6) is 0 Å². The van der Waals surface area contributed by atoms with Crippen molar-refractivity contribution in [2.45, 2.75) is 31.1 Å². The molecule has 0 radical (unpaired) electrons. The lowest BCUT2D eigenvalue weighted by molar-refractivity contribution is 0.282. The normalized spacial score (nSPS) is 24.0. The van der Waals surface area contributed by atoms with Gasteiger partial charge >= 0.3 is 0 Å². The molecule has 0 atom stereocenters. The number of anilines is 1. The van der Waals surface area contributed by atoms with Crippen molar-refractivity contribution < 1.29 is 4.52 Å². The molecule has 2 N–H and O–H groups in total. The monoisotopic (exact) mass is 265 g/mol. The van der Waals surface area contributed by atoms with E-state index < -0.39 is 0 Å². The SMILES string of the molecule is CN1CCN(c2noc(C3(CN)CCCC3)n2)CC1. The van der Waals surface area contributed by atoms with E-state index in [0.29, 0.717) is 6.54 Å². The van der Waals surface area contributed by atoms with Crippen LogP contribution in [-0.4, -0.2) is 54.8 Å². The van der Waals surface area contributed by atoms with Crippen LogP contribution in [0.1, 0.15) is 31.6 Å². The van der Waals surface area contributed by atoms with Gasteiger partial charge in [-0.2, -0.15) is 4.98 Å².